The van der Waals surface area contributed by atoms with Crippen molar-refractivity contribution in [2.24, 2.45) is 11.5 Å². The maximum absolute atomic E-state index is 11.1. The van der Waals surface area contributed by atoms with E-state index in [-0.39, 0.29) is 0 Å². The van der Waals surface area contributed by atoms with Crippen LogP contribution in [0.2, 0.25) is 0 Å². The van der Waals surface area contributed by atoms with Crippen molar-refractivity contribution < 1.29 is 9.53 Å². The van der Waals surface area contributed by atoms with Crippen molar-refractivity contribution in [1.82, 2.24) is 0 Å². The van der Waals surface area contributed by atoms with Crippen LogP contribution in [0.4, 0.5) is 0 Å². The fraction of sp³-hybridized carbons (Fsp3) is 0.533. The van der Waals surface area contributed by atoms with Crippen LogP contribution in [0.25, 0.3) is 0 Å². The number of carbonyl (C=O) groups is 1. The first kappa shape index (κ1) is 15.5. The van der Waals surface area contributed by atoms with E-state index in [9.17, 15) is 4.79 Å². The first-order chi connectivity index (χ1) is 8.75. The largest absolute Gasteiger partial charge is 0.493 e. The van der Waals surface area contributed by atoms with Crippen LogP contribution in [-0.2, 0) is 4.79 Å². The lowest BCUT2D eigenvalue weighted by Gasteiger charge is -2.20. The number of hydrogen-bond acceptors (Lipinski definition) is 3. The SMILES string of the molecule is Cc1ccc(C)c(OCCCC(C)(N)C(N)=O)c1C. The molecule has 4 nitrogen and oxygen atoms in total. The molecule has 0 spiro atoms. The Balaban J connectivity index is 2.55. The Morgan fingerprint density at radius 1 is 1.26 bits per heavy atom. The normalized spacial score (nSPS) is 13.9. The van der Waals surface area contributed by atoms with Crippen LogP contribution >= 0.6 is 0 Å². The van der Waals surface area contributed by atoms with Gasteiger partial charge in [-0.3, -0.25) is 4.79 Å². The Bertz CT molecular complexity index is 467. The first-order valence-electron chi connectivity index (χ1n) is 6.54. The second kappa shape index (κ2) is 6.06. The van der Waals surface area contributed by atoms with Gasteiger partial charge in [0.2, 0.25) is 5.91 Å². The summed E-state index contributed by atoms with van der Waals surface area (Å²) >= 11 is 0. The lowest BCUT2D eigenvalue weighted by atomic mass is 9.97. The van der Waals surface area contributed by atoms with Crippen LogP contribution in [0.3, 0.4) is 0 Å². The molecule has 4 N–H and O–H groups in total. The van der Waals surface area contributed by atoms with Crippen LogP contribution in [0, 0.1) is 20.8 Å². The molecular weight excluding hydrogens is 240 g/mol. The molecule has 0 aliphatic carbocycles. The summed E-state index contributed by atoms with van der Waals surface area (Å²) in [6, 6.07) is 4.13. The van der Waals surface area contributed by atoms with Crippen LogP contribution in [0.15, 0.2) is 12.1 Å². The Hall–Kier alpha value is -1.55. The minimum absolute atomic E-state index is 0.476. The Morgan fingerprint density at radius 2 is 1.84 bits per heavy atom. The fourth-order valence-corrected chi connectivity index (χ4v) is 1.88. The Kier molecular flexibility index (Phi) is 4.95. The number of rotatable bonds is 6. The van der Waals surface area contributed by atoms with Gasteiger partial charge in [0.15, 0.2) is 0 Å². The van der Waals surface area contributed by atoms with Gasteiger partial charge in [0.05, 0.1) is 12.1 Å². The van der Waals surface area contributed by atoms with Gasteiger partial charge in [-0.1, -0.05) is 12.1 Å². The summed E-state index contributed by atoms with van der Waals surface area (Å²) in [5.41, 5.74) is 13.5. The van der Waals surface area contributed by atoms with Crippen LogP contribution in [-0.4, -0.2) is 18.1 Å². The second-order valence-electron chi connectivity index (χ2n) is 5.39. The highest BCUT2D eigenvalue weighted by molar-refractivity contribution is 5.83. The van der Waals surface area contributed by atoms with Crippen LogP contribution in [0.5, 0.6) is 5.75 Å². The Labute approximate surface area is 115 Å². The summed E-state index contributed by atoms with van der Waals surface area (Å²) < 4.78 is 5.82. The van der Waals surface area contributed by atoms with E-state index in [1.54, 1.807) is 6.92 Å². The third-order valence-corrected chi connectivity index (χ3v) is 3.52. The van der Waals surface area contributed by atoms with Gasteiger partial charge in [-0.15, -0.1) is 0 Å². The molecule has 1 aromatic rings. The molecule has 0 radical (unpaired) electrons. The molecule has 0 bridgehead atoms. The third kappa shape index (κ3) is 3.96. The molecule has 0 fully saturated rings. The van der Waals surface area contributed by atoms with Gasteiger partial charge in [0.25, 0.3) is 0 Å². The standard InChI is InChI=1S/C15H24N2O2/c1-10-6-7-11(2)13(12(10)3)19-9-5-8-15(4,17)14(16)18/h6-7H,5,8-9,17H2,1-4H3,(H2,16,18). The molecule has 1 unspecified atom stereocenters. The maximum atomic E-state index is 11.1. The average molecular weight is 264 g/mol. The molecule has 1 atom stereocenters. The molecule has 0 saturated carbocycles. The predicted molar refractivity (Wildman–Crippen MR) is 77.2 cm³/mol. The van der Waals surface area contributed by atoms with E-state index in [1.807, 2.05) is 19.9 Å². The van der Waals surface area contributed by atoms with Gasteiger partial charge in [0.1, 0.15) is 5.75 Å². The fourth-order valence-electron chi connectivity index (χ4n) is 1.88. The number of ether oxygens (including phenoxy) is 1. The molecule has 0 aromatic heterocycles. The molecule has 4 heteroatoms. The van der Waals surface area contributed by atoms with Gasteiger partial charge in [0, 0.05) is 0 Å². The second-order valence-corrected chi connectivity index (χ2v) is 5.39. The van der Waals surface area contributed by atoms with E-state index in [0.717, 1.165) is 16.9 Å². The molecule has 1 aromatic carbocycles. The molecule has 19 heavy (non-hydrogen) atoms. The van der Waals surface area contributed by atoms with Crippen molar-refractivity contribution in [3.05, 3.63) is 28.8 Å². The van der Waals surface area contributed by atoms with Gasteiger partial charge < -0.3 is 16.2 Å². The van der Waals surface area contributed by atoms with E-state index in [1.165, 1.54) is 5.56 Å². The zero-order chi connectivity index (χ0) is 14.6. The first-order valence-corrected chi connectivity index (χ1v) is 6.54. The predicted octanol–water partition coefficient (Wildman–Crippen LogP) is 1.97. The Morgan fingerprint density at radius 3 is 2.42 bits per heavy atom. The molecule has 1 rings (SSSR count). The summed E-state index contributed by atoms with van der Waals surface area (Å²) in [7, 11) is 0. The third-order valence-electron chi connectivity index (χ3n) is 3.52. The van der Waals surface area contributed by atoms with Crippen molar-refractivity contribution in [1.29, 1.82) is 0 Å². The molecule has 0 aliphatic rings. The minimum Gasteiger partial charge on any atom is -0.493 e. The van der Waals surface area contributed by atoms with Crippen molar-refractivity contribution in [2.75, 3.05) is 6.61 Å². The number of hydrogen-bond donors (Lipinski definition) is 2. The quantitative estimate of drug-likeness (QED) is 0.771. The van der Waals surface area contributed by atoms with Crippen molar-refractivity contribution in [3.63, 3.8) is 0 Å². The number of amides is 1. The van der Waals surface area contributed by atoms with E-state index in [0.29, 0.717) is 19.4 Å². The highest BCUT2D eigenvalue weighted by Crippen LogP contribution is 2.26. The molecule has 0 aliphatic heterocycles. The molecule has 1 amide bonds. The van der Waals surface area contributed by atoms with Gasteiger partial charge in [-0.2, -0.15) is 0 Å². The zero-order valence-electron chi connectivity index (χ0n) is 12.2. The summed E-state index contributed by atoms with van der Waals surface area (Å²) in [6.07, 6.45) is 1.22. The maximum Gasteiger partial charge on any atom is 0.237 e. The molecule has 106 valence electrons. The van der Waals surface area contributed by atoms with Gasteiger partial charge >= 0.3 is 0 Å². The number of nitrogens with two attached hydrogens (primary N) is 2. The average Bonchev–Trinajstić information content (AvgIpc) is 2.33. The zero-order valence-corrected chi connectivity index (χ0v) is 12.2. The summed E-state index contributed by atoms with van der Waals surface area (Å²) in [5.74, 6) is 0.452. The minimum atomic E-state index is -0.958. The summed E-state index contributed by atoms with van der Waals surface area (Å²) in [6.45, 7) is 8.32. The molecule has 0 saturated heterocycles. The van der Waals surface area contributed by atoms with E-state index in [2.05, 4.69) is 13.0 Å². The topological polar surface area (TPSA) is 78.3 Å². The van der Waals surface area contributed by atoms with E-state index < -0.39 is 11.4 Å². The summed E-state index contributed by atoms with van der Waals surface area (Å²) in [4.78, 5) is 11.1. The lowest BCUT2D eigenvalue weighted by Crippen LogP contribution is -2.49. The van der Waals surface area contributed by atoms with Crippen molar-refractivity contribution >= 4 is 5.91 Å². The van der Waals surface area contributed by atoms with Crippen molar-refractivity contribution in [2.45, 2.75) is 46.1 Å². The van der Waals surface area contributed by atoms with Gasteiger partial charge in [-0.05, 0) is 57.2 Å². The molecule has 0 heterocycles. The highest BCUT2D eigenvalue weighted by Gasteiger charge is 2.24. The van der Waals surface area contributed by atoms with Crippen LogP contribution in [0.1, 0.15) is 36.5 Å². The van der Waals surface area contributed by atoms with Crippen LogP contribution < -0.4 is 16.2 Å². The number of primary amides is 1. The summed E-state index contributed by atoms with van der Waals surface area (Å²) in [5, 5.41) is 0. The monoisotopic (exact) mass is 264 g/mol. The van der Waals surface area contributed by atoms with Crippen molar-refractivity contribution in [3.8, 4) is 5.75 Å². The number of aryl methyl sites for hydroxylation is 2. The van der Waals surface area contributed by atoms with E-state index in [4.69, 9.17) is 16.2 Å². The molecular formula is C15H24N2O2. The number of carbonyl (C=O) groups excluding carboxylic acids is 1. The lowest BCUT2D eigenvalue weighted by molar-refractivity contribution is -0.122. The number of benzene rings is 1. The smallest absolute Gasteiger partial charge is 0.237 e. The van der Waals surface area contributed by atoms with Gasteiger partial charge in [-0.25, -0.2) is 0 Å². The van der Waals surface area contributed by atoms with E-state index >= 15 is 0 Å². The highest BCUT2D eigenvalue weighted by atomic mass is 16.5.